The van der Waals surface area contributed by atoms with Crippen molar-refractivity contribution in [2.75, 3.05) is 6.61 Å². The zero-order valence-corrected chi connectivity index (χ0v) is 26.2. The molecule has 0 aliphatic carbocycles. The smallest absolute Gasteiger partial charge is 0.226 e. The van der Waals surface area contributed by atoms with Crippen LogP contribution >= 0.6 is 11.6 Å². The highest BCUT2D eigenvalue weighted by molar-refractivity contribution is 6.31. The lowest BCUT2D eigenvalue weighted by Gasteiger charge is -2.50. The van der Waals surface area contributed by atoms with Crippen LogP contribution in [0.2, 0.25) is 5.02 Å². The molecule has 1 aliphatic heterocycles. The van der Waals surface area contributed by atoms with E-state index in [9.17, 15) is 10.2 Å². The molecule has 4 aromatic carbocycles. The number of benzene rings is 4. The Labute approximate surface area is 265 Å². The topological polar surface area (TPSA) is 77.4 Å². The first-order valence-electron chi connectivity index (χ1n) is 15.3. The first-order chi connectivity index (χ1) is 21.3. The zero-order valence-electron chi connectivity index (χ0n) is 25.5. The second-order valence-corrected chi connectivity index (χ2v) is 11.7. The van der Waals surface area contributed by atoms with E-state index in [4.69, 9.17) is 30.5 Å². The van der Waals surface area contributed by atoms with E-state index in [1.54, 1.807) is 6.07 Å². The van der Waals surface area contributed by atoms with Gasteiger partial charge in [-0.3, -0.25) is 0 Å². The molecule has 4 aromatic rings. The van der Waals surface area contributed by atoms with Gasteiger partial charge in [-0.25, -0.2) is 0 Å². The Bertz CT molecular complexity index is 1480. The molecular formula is C37H41ClO6. The van der Waals surface area contributed by atoms with Crippen molar-refractivity contribution in [2.45, 2.75) is 70.9 Å². The quantitative estimate of drug-likeness (QED) is 0.169. The minimum Gasteiger partial charge on any atom is -0.507 e. The molecule has 0 amide bonds. The van der Waals surface area contributed by atoms with Crippen LogP contribution in [-0.2, 0) is 39.6 Å². The van der Waals surface area contributed by atoms with Crippen molar-refractivity contribution in [3.8, 4) is 11.5 Å². The summed E-state index contributed by atoms with van der Waals surface area (Å²) in [5.74, 6) is -1.51. The molecule has 0 radical (unpaired) electrons. The number of aliphatic hydroxyl groups is 1. The molecule has 2 N–H and O–H groups in total. The normalized spacial score (nSPS) is 23.4. The molecule has 0 saturated carbocycles. The van der Waals surface area contributed by atoms with Crippen molar-refractivity contribution in [2.24, 2.45) is 5.92 Å². The van der Waals surface area contributed by atoms with Crippen molar-refractivity contribution in [3.05, 3.63) is 130 Å². The SMILES string of the molecule is CCOc1ccc(Cc2cc(C3(O)O[C@H](CC)[C@@H](C)[C@H](OCc4ccccc4)[C@H]3OCc3ccccc3)c(O)cc2Cl)cc1. The minimum atomic E-state index is -2.02. The van der Waals surface area contributed by atoms with Gasteiger partial charge in [-0.2, -0.15) is 0 Å². The summed E-state index contributed by atoms with van der Waals surface area (Å²) in [7, 11) is 0. The highest BCUT2D eigenvalue weighted by atomic mass is 35.5. The van der Waals surface area contributed by atoms with Crippen LogP contribution in [-0.4, -0.2) is 35.1 Å². The number of rotatable bonds is 12. The van der Waals surface area contributed by atoms with Crippen molar-refractivity contribution in [3.63, 3.8) is 0 Å². The summed E-state index contributed by atoms with van der Waals surface area (Å²) in [5, 5.41) is 24.2. The lowest BCUT2D eigenvalue weighted by Crippen LogP contribution is -2.61. The predicted octanol–water partition coefficient (Wildman–Crippen LogP) is 7.80. The van der Waals surface area contributed by atoms with E-state index >= 15 is 0 Å². The van der Waals surface area contributed by atoms with E-state index in [1.165, 1.54) is 6.07 Å². The molecule has 5 atom stereocenters. The van der Waals surface area contributed by atoms with Gasteiger partial charge < -0.3 is 29.2 Å². The first-order valence-corrected chi connectivity index (χ1v) is 15.6. The van der Waals surface area contributed by atoms with Crippen LogP contribution in [0.15, 0.2) is 97.1 Å². The number of hydrogen-bond acceptors (Lipinski definition) is 6. The van der Waals surface area contributed by atoms with Gasteiger partial charge in [-0.1, -0.05) is 98.2 Å². The van der Waals surface area contributed by atoms with Gasteiger partial charge >= 0.3 is 0 Å². The Balaban J connectivity index is 1.52. The zero-order chi connectivity index (χ0) is 31.1. The fourth-order valence-electron chi connectivity index (χ4n) is 5.88. The van der Waals surface area contributed by atoms with Gasteiger partial charge in [0.2, 0.25) is 5.79 Å². The molecule has 44 heavy (non-hydrogen) atoms. The summed E-state index contributed by atoms with van der Waals surface area (Å²) in [6, 6.07) is 30.7. The third kappa shape index (κ3) is 7.28. The third-order valence-corrected chi connectivity index (χ3v) is 8.61. The van der Waals surface area contributed by atoms with Gasteiger partial charge in [-0.15, -0.1) is 0 Å². The van der Waals surface area contributed by atoms with Crippen LogP contribution in [0.4, 0.5) is 0 Å². The Kier molecular flexibility index (Phi) is 10.6. The Hall–Kier alpha value is -3.39. The van der Waals surface area contributed by atoms with E-state index in [1.807, 2.05) is 98.8 Å². The third-order valence-electron chi connectivity index (χ3n) is 8.26. The van der Waals surface area contributed by atoms with Gasteiger partial charge in [-0.05, 0) is 66.3 Å². The van der Waals surface area contributed by atoms with Gasteiger partial charge in [0.1, 0.15) is 17.6 Å². The van der Waals surface area contributed by atoms with E-state index in [-0.39, 0.29) is 29.9 Å². The summed E-state index contributed by atoms with van der Waals surface area (Å²) < 4.78 is 25.2. The predicted molar refractivity (Wildman–Crippen MR) is 172 cm³/mol. The molecule has 5 rings (SSSR count). The molecule has 1 fully saturated rings. The first kappa shape index (κ1) is 32.0. The fraction of sp³-hybridized carbons (Fsp3) is 0.351. The number of phenolic OH excluding ortho intramolecular Hbond substituents is 1. The lowest BCUT2D eigenvalue weighted by molar-refractivity contribution is -0.361. The van der Waals surface area contributed by atoms with Crippen molar-refractivity contribution in [1.29, 1.82) is 0 Å². The molecule has 0 aromatic heterocycles. The second kappa shape index (κ2) is 14.6. The van der Waals surface area contributed by atoms with Gasteiger partial charge in [0.05, 0.1) is 37.6 Å². The van der Waals surface area contributed by atoms with Gasteiger partial charge in [0, 0.05) is 10.9 Å². The molecule has 1 heterocycles. The lowest BCUT2D eigenvalue weighted by atomic mass is 9.81. The number of halogens is 1. The Morgan fingerprint density at radius 3 is 2.02 bits per heavy atom. The average molecular weight is 617 g/mol. The Morgan fingerprint density at radius 2 is 1.43 bits per heavy atom. The van der Waals surface area contributed by atoms with Crippen LogP contribution in [0.5, 0.6) is 11.5 Å². The summed E-state index contributed by atoms with van der Waals surface area (Å²) >= 11 is 6.66. The van der Waals surface area contributed by atoms with Gasteiger partial charge in [0.25, 0.3) is 0 Å². The highest BCUT2D eigenvalue weighted by Crippen LogP contribution is 2.46. The molecule has 7 heteroatoms. The van der Waals surface area contributed by atoms with Crippen LogP contribution in [0.25, 0.3) is 0 Å². The minimum absolute atomic E-state index is 0.109. The second-order valence-electron chi connectivity index (χ2n) is 11.3. The van der Waals surface area contributed by atoms with E-state index in [2.05, 4.69) is 6.92 Å². The molecule has 0 bridgehead atoms. The number of phenols is 1. The number of ether oxygens (including phenoxy) is 4. The summed E-state index contributed by atoms with van der Waals surface area (Å²) in [6.07, 6.45) is -0.761. The van der Waals surface area contributed by atoms with Crippen LogP contribution in [0.1, 0.15) is 55.0 Å². The summed E-state index contributed by atoms with van der Waals surface area (Å²) in [4.78, 5) is 0. The van der Waals surface area contributed by atoms with Crippen LogP contribution in [0.3, 0.4) is 0 Å². The molecule has 6 nitrogen and oxygen atoms in total. The number of aromatic hydroxyl groups is 1. The van der Waals surface area contributed by atoms with Crippen molar-refractivity contribution in [1.82, 2.24) is 0 Å². The monoisotopic (exact) mass is 616 g/mol. The van der Waals surface area contributed by atoms with Crippen LogP contribution < -0.4 is 4.74 Å². The van der Waals surface area contributed by atoms with Crippen molar-refractivity contribution < 1.29 is 29.2 Å². The van der Waals surface area contributed by atoms with E-state index in [0.29, 0.717) is 31.1 Å². The standard InChI is InChI=1S/C37H41ClO6/c1-4-34-25(3)35(42-23-27-12-8-6-9-13-27)36(43-24-28-14-10-7-11-15-28)37(40,44-34)31-21-29(32(38)22-33(31)39)20-26-16-18-30(19-17-26)41-5-2/h6-19,21-22,25,34-36,39-40H,4-5,20,23-24H2,1-3H3/t25-,34-,35+,36-,37?/m1/s1. The Morgan fingerprint density at radius 1 is 0.818 bits per heavy atom. The molecular weight excluding hydrogens is 576 g/mol. The van der Waals surface area contributed by atoms with Gasteiger partial charge in [0.15, 0.2) is 0 Å². The number of hydrogen-bond donors (Lipinski definition) is 2. The average Bonchev–Trinajstić information content (AvgIpc) is 3.04. The van der Waals surface area contributed by atoms with Crippen molar-refractivity contribution >= 4 is 11.6 Å². The molecule has 0 spiro atoms. The molecule has 1 saturated heterocycles. The fourth-order valence-corrected chi connectivity index (χ4v) is 6.11. The maximum atomic E-state index is 12.6. The maximum absolute atomic E-state index is 12.6. The highest BCUT2D eigenvalue weighted by Gasteiger charge is 2.56. The molecule has 1 aliphatic rings. The van der Waals surface area contributed by atoms with Crippen LogP contribution in [0, 0.1) is 5.92 Å². The maximum Gasteiger partial charge on any atom is 0.226 e. The molecule has 232 valence electrons. The summed E-state index contributed by atoms with van der Waals surface area (Å²) in [5.41, 5.74) is 3.88. The largest absolute Gasteiger partial charge is 0.507 e. The summed E-state index contributed by atoms with van der Waals surface area (Å²) in [6.45, 7) is 7.16. The van der Waals surface area contributed by atoms with E-state index < -0.39 is 18.0 Å². The molecule has 1 unspecified atom stereocenters. The van der Waals surface area contributed by atoms with E-state index in [0.717, 1.165) is 28.0 Å².